The predicted octanol–water partition coefficient (Wildman–Crippen LogP) is 3.61. The zero-order valence-electron chi connectivity index (χ0n) is 6.45. The number of halogens is 1. The van der Waals surface area contributed by atoms with E-state index in [1.807, 2.05) is 12.1 Å². The maximum atomic E-state index is 10.7. The summed E-state index contributed by atoms with van der Waals surface area (Å²) < 4.78 is 2.34. The summed E-state index contributed by atoms with van der Waals surface area (Å²) in [6, 6.07) is 3.77. The number of thiophene rings is 1. The molecule has 0 atom stereocenters. The second-order valence-corrected chi connectivity index (χ2v) is 5.10. The number of benzene rings is 1. The minimum atomic E-state index is 0.659. The highest BCUT2D eigenvalue weighted by molar-refractivity contribution is 14.1. The van der Waals surface area contributed by atoms with Gasteiger partial charge < -0.3 is 0 Å². The predicted molar refractivity (Wildman–Crippen MR) is 67.2 cm³/mol. The first kappa shape index (κ1) is 9.48. The van der Waals surface area contributed by atoms with Crippen molar-refractivity contribution in [2.45, 2.75) is 4.90 Å². The molecular weight excluding hydrogens is 315 g/mol. The van der Waals surface area contributed by atoms with Gasteiger partial charge in [0.25, 0.3) is 0 Å². The zero-order valence-corrected chi connectivity index (χ0v) is 10.3. The number of aldehydes is 1. The quantitative estimate of drug-likeness (QED) is 0.483. The Morgan fingerprint density at radius 2 is 2.23 bits per heavy atom. The van der Waals surface area contributed by atoms with E-state index in [4.69, 9.17) is 0 Å². The van der Waals surface area contributed by atoms with E-state index in [1.165, 1.54) is 4.70 Å². The van der Waals surface area contributed by atoms with Gasteiger partial charge in [-0.3, -0.25) is 4.79 Å². The number of carbonyl (C=O) groups excluding carboxylic acids is 1. The van der Waals surface area contributed by atoms with Crippen molar-refractivity contribution < 1.29 is 4.79 Å². The summed E-state index contributed by atoms with van der Waals surface area (Å²) in [7, 11) is 0. The van der Waals surface area contributed by atoms with Crippen molar-refractivity contribution in [2.24, 2.45) is 0 Å². The SMILES string of the molecule is O=Cc1ccc2scc(I)c2c1S. The number of carbonyl (C=O) groups is 1. The van der Waals surface area contributed by atoms with Gasteiger partial charge in [0.05, 0.1) is 0 Å². The van der Waals surface area contributed by atoms with Crippen LogP contribution in [0.5, 0.6) is 0 Å². The number of hydrogen-bond acceptors (Lipinski definition) is 3. The third-order valence-electron chi connectivity index (χ3n) is 1.83. The molecule has 0 fully saturated rings. The molecule has 0 saturated heterocycles. The van der Waals surface area contributed by atoms with Crippen LogP contribution in [0.3, 0.4) is 0 Å². The van der Waals surface area contributed by atoms with Gasteiger partial charge in [-0.1, -0.05) is 0 Å². The first-order valence-electron chi connectivity index (χ1n) is 3.58. The summed E-state index contributed by atoms with van der Waals surface area (Å²) in [4.78, 5) is 11.4. The van der Waals surface area contributed by atoms with Crippen LogP contribution < -0.4 is 0 Å². The molecule has 0 aliphatic rings. The summed E-state index contributed by atoms with van der Waals surface area (Å²) in [5.74, 6) is 0. The fourth-order valence-electron chi connectivity index (χ4n) is 1.19. The molecule has 1 aromatic carbocycles. The summed E-state index contributed by atoms with van der Waals surface area (Å²) >= 11 is 8.28. The lowest BCUT2D eigenvalue weighted by Crippen LogP contribution is -1.83. The Hall–Kier alpha value is -0.0700. The van der Waals surface area contributed by atoms with Crippen molar-refractivity contribution >= 4 is 62.9 Å². The van der Waals surface area contributed by atoms with Gasteiger partial charge in [-0.05, 0) is 34.7 Å². The van der Waals surface area contributed by atoms with E-state index in [2.05, 4.69) is 40.6 Å². The lowest BCUT2D eigenvalue weighted by Gasteiger charge is -1.99. The van der Waals surface area contributed by atoms with Crippen molar-refractivity contribution in [1.29, 1.82) is 0 Å². The van der Waals surface area contributed by atoms with Crippen molar-refractivity contribution in [2.75, 3.05) is 0 Å². The molecule has 1 nitrogen and oxygen atoms in total. The van der Waals surface area contributed by atoms with Crippen molar-refractivity contribution in [3.8, 4) is 0 Å². The summed E-state index contributed by atoms with van der Waals surface area (Å²) in [6.45, 7) is 0. The topological polar surface area (TPSA) is 17.1 Å². The highest BCUT2D eigenvalue weighted by atomic mass is 127. The highest BCUT2D eigenvalue weighted by Crippen LogP contribution is 2.33. The fourth-order valence-corrected chi connectivity index (χ4v) is 3.79. The lowest BCUT2D eigenvalue weighted by atomic mass is 10.2. The Morgan fingerprint density at radius 3 is 2.92 bits per heavy atom. The van der Waals surface area contributed by atoms with Gasteiger partial charge in [-0.15, -0.1) is 24.0 Å². The van der Waals surface area contributed by atoms with Crippen LogP contribution >= 0.6 is 46.6 Å². The summed E-state index contributed by atoms with van der Waals surface area (Å²) in [5.41, 5.74) is 0.659. The van der Waals surface area contributed by atoms with Crippen molar-refractivity contribution in [1.82, 2.24) is 0 Å². The third-order valence-corrected chi connectivity index (χ3v) is 4.53. The smallest absolute Gasteiger partial charge is 0.151 e. The van der Waals surface area contributed by atoms with E-state index in [0.717, 1.165) is 20.1 Å². The van der Waals surface area contributed by atoms with Crippen molar-refractivity contribution in [3.63, 3.8) is 0 Å². The summed E-state index contributed by atoms with van der Waals surface area (Å²) in [5, 5.41) is 3.16. The first-order valence-corrected chi connectivity index (χ1v) is 5.98. The van der Waals surface area contributed by atoms with Crippen molar-refractivity contribution in [3.05, 3.63) is 26.6 Å². The van der Waals surface area contributed by atoms with Gasteiger partial charge in [0.2, 0.25) is 0 Å². The van der Waals surface area contributed by atoms with Crippen LogP contribution in [0.4, 0.5) is 0 Å². The molecule has 0 spiro atoms. The molecule has 66 valence electrons. The zero-order chi connectivity index (χ0) is 9.42. The van der Waals surface area contributed by atoms with Gasteiger partial charge in [-0.2, -0.15) is 0 Å². The molecule has 0 radical (unpaired) electrons. The van der Waals surface area contributed by atoms with E-state index in [0.29, 0.717) is 5.56 Å². The molecule has 0 saturated carbocycles. The Bertz CT molecular complexity index is 476. The van der Waals surface area contributed by atoms with E-state index >= 15 is 0 Å². The summed E-state index contributed by atoms with van der Waals surface area (Å²) in [6.07, 6.45) is 0.843. The molecular formula is C9H5IOS2. The van der Waals surface area contributed by atoms with Crippen LogP contribution in [-0.2, 0) is 0 Å². The van der Waals surface area contributed by atoms with Crippen LogP contribution in [0.1, 0.15) is 10.4 Å². The molecule has 0 aliphatic carbocycles. The molecule has 1 heterocycles. The monoisotopic (exact) mass is 320 g/mol. The van der Waals surface area contributed by atoms with E-state index in [-0.39, 0.29) is 0 Å². The Balaban J connectivity index is 2.91. The minimum absolute atomic E-state index is 0.659. The molecule has 0 unspecified atom stereocenters. The number of thiol groups is 1. The molecule has 2 aromatic rings. The second kappa shape index (κ2) is 3.59. The average Bonchev–Trinajstić information content (AvgIpc) is 2.49. The van der Waals surface area contributed by atoms with E-state index in [1.54, 1.807) is 11.3 Å². The van der Waals surface area contributed by atoms with E-state index in [9.17, 15) is 4.79 Å². The number of rotatable bonds is 1. The van der Waals surface area contributed by atoms with Gasteiger partial charge in [-0.25, -0.2) is 0 Å². The lowest BCUT2D eigenvalue weighted by molar-refractivity contribution is 0.112. The third kappa shape index (κ3) is 1.51. The molecule has 0 aliphatic heterocycles. The Labute approximate surface area is 98.7 Å². The maximum Gasteiger partial charge on any atom is 0.151 e. The standard InChI is InChI=1S/C9H5IOS2/c10-6-4-13-7-2-1-5(3-11)9(12)8(6)7/h1-4,12H. The van der Waals surface area contributed by atoms with Crippen LogP contribution in [0, 0.1) is 3.57 Å². The number of fused-ring (bicyclic) bond motifs is 1. The molecule has 0 amide bonds. The van der Waals surface area contributed by atoms with Crippen LogP contribution in [0.15, 0.2) is 22.4 Å². The molecule has 13 heavy (non-hydrogen) atoms. The first-order chi connectivity index (χ1) is 6.24. The fraction of sp³-hybridized carbons (Fsp3) is 0. The second-order valence-electron chi connectivity index (χ2n) is 2.58. The van der Waals surface area contributed by atoms with Crippen LogP contribution in [-0.4, -0.2) is 6.29 Å². The molecule has 1 aromatic heterocycles. The highest BCUT2D eigenvalue weighted by Gasteiger charge is 2.08. The minimum Gasteiger partial charge on any atom is -0.298 e. The van der Waals surface area contributed by atoms with Crippen LogP contribution in [0.2, 0.25) is 0 Å². The average molecular weight is 320 g/mol. The van der Waals surface area contributed by atoms with Gasteiger partial charge in [0.15, 0.2) is 6.29 Å². The number of hydrogen-bond donors (Lipinski definition) is 1. The van der Waals surface area contributed by atoms with Gasteiger partial charge in [0.1, 0.15) is 0 Å². The maximum absolute atomic E-state index is 10.7. The van der Waals surface area contributed by atoms with E-state index < -0.39 is 0 Å². The Morgan fingerprint density at radius 1 is 1.46 bits per heavy atom. The van der Waals surface area contributed by atoms with Gasteiger partial charge >= 0.3 is 0 Å². The largest absolute Gasteiger partial charge is 0.298 e. The molecule has 0 bridgehead atoms. The normalized spacial score (nSPS) is 10.6. The molecule has 0 N–H and O–H groups in total. The van der Waals surface area contributed by atoms with Crippen LogP contribution in [0.25, 0.3) is 10.1 Å². The van der Waals surface area contributed by atoms with Gasteiger partial charge in [0, 0.05) is 29.5 Å². The Kier molecular flexibility index (Phi) is 2.62. The molecule has 4 heteroatoms. The molecule has 2 rings (SSSR count).